The predicted octanol–water partition coefficient (Wildman–Crippen LogP) is 3.14. The van der Waals surface area contributed by atoms with E-state index in [0.29, 0.717) is 31.6 Å². The smallest absolute Gasteiger partial charge is 0.224 e. The van der Waals surface area contributed by atoms with Crippen molar-refractivity contribution in [3.8, 4) is 11.5 Å². The highest BCUT2D eigenvalue weighted by Crippen LogP contribution is 2.25. The number of hydrogen-bond donors (Lipinski definition) is 3. The van der Waals surface area contributed by atoms with Gasteiger partial charge in [-0.2, -0.15) is 0 Å². The van der Waals surface area contributed by atoms with E-state index in [0.717, 1.165) is 11.1 Å². The molecule has 31 heavy (non-hydrogen) atoms. The number of nitrogens with zero attached hydrogens (tertiary/aromatic N) is 1. The number of benzene rings is 3. The van der Waals surface area contributed by atoms with Crippen molar-refractivity contribution >= 4 is 11.7 Å². The third-order valence-corrected chi connectivity index (χ3v) is 4.87. The van der Waals surface area contributed by atoms with Gasteiger partial charge in [0.05, 0.1) is 13.0 Å². The Morgan fingerprint density at radius 1 is 0.806 bits per heavy atom. The van der Waals surface area contributed by atoms with E-state index in [1.807, 2.05) is 65.6 Å². The summed E-state index contributed by atoms with van der Waals surface area (Å²) < 4.78 is 0. The summed E-state index contributed by atoms with van der Waals surface area (Å²) in [5, 5.41) is 22.1. The van der Waals surface area contributed by atoms with Gasteiger partial charge in [-0.3, -0.25) is 14.5 Å². The summed E-state index contributed by atoms with van der Waals surface area (Å²) in [6, 6.07) is 23.4. The number of carbonyl (C=O) groups excluding carboxylic acids is 2. The molecule has 1 amide bonds. The number of rotatable bonds is 10. The third-order valence-electron chi connectivity index (χ3n) is 4.87. The number of ketones is 1. The molecular weight excluding hydrogens is 392 g/mol. The van der Waals surface area contributed by atoms with Crippen LogP contribution in [0.5, 0.6) is 11.5 Å². The monoisotopic (exact) mass is 418 g/mol. The van der Waals surface area contributed by atoms with Crippen LogP contribution in [0.15, 0.2) is 78.9 Å². The van der Waals surface area contributed by atoms with Crippen LogP contribution in [-0.2, 0) is 17.8 Å². The highest BCUT2D eigenvalue weighted by atomic mass is 16.3. The summed E-state index contributed by atoms with van der Waals surface area (Å²) in [4.78, 5) is 26.9. The summed E-state index contributed by atoms with van der Waals surface area (Å²) in [6.45, 7) is 1.57. The Bertz CT molecular complexity index is 1010. The standard InChI is InChI=1S/C25H26N2O4/c28-22-12-11-21(16-23(22)29)24(30)18-27(17-20-9-5-2-6-10-20)14-13-26-25(31)15-19-7-3-1-4-8-19/h1-12,16,28-29H,13-15,17-18H2,(H,26,31). The maximum absolute atomic E-state index is 12.7. The molecule has 0 spiro atoms. The maximum Gasteiger partial charge on any atom is 0.224 e. The quantitative estimate of drug-likeness (QED) is 0.348. The first kappa shape index (κ1) is 22.1. The van der Waals surface area contributed by atoms with Crippen molar-refractivity contribution in [3.05, 3.63) is 95.6 Å². The molecule has 0 heterocycles. The summed E-state index contributed by atoms with van der Waals surface area (Å²) in [7, 11) is 0. The molecule has 0 saturated heterocycles. The Labute approximate surface area is 181 Å². The molecule has 0 aromatic heterocycles. The zero-order valence-corrected chi connectivity index (χ0v) is 17.2. The minimum absolute atomic E-state index is 0.0688. The summed E-state index contributed by atoms with van der Waals surface area (Å²) in [5.74, 6) is -0.838. The summed E-state index contributed by atoms with van der Waals surface area (Å²) >= 11 is 0. The lowest BCUT2D eigenvalue weighted by atomic mass is 10.1. The van der Waals surface area contributed by atoms with Crippen molar-refractivity contribution < 1.29 is 19.8 Å². The van der Waals surface area contributed by atoms with Gasteiger partial charge in [-0.05, 0) is 29.3 Å². The van der Waals surface area contributed by atoms with Gasteiger partial charge in [-0.15, -0.1) is 0 Å². The van der Waals surface area contributed by atoms with Gasteiger partial charge in [-0.25, -0.2) is 0 Å². The Balaban J connectivity index is 1.59. The molecule has 0 bridgehead atoms. The van der Waals surface area contributed by atoms with Crippen LogP contribution in [0.4, 0.5) is 0 Å². The molecule has 0 radical (unpaired) electrons. The first-order chi connectivity index (χ1) is 15.0. The molecule has 160 valence electrons. The SMILES string of the molecule is O=C(Cc1ccccc1)NCCN(CC(=O)c1ccc(O)c(O)c1)Cc1ccccc1. The molecule has 0 aliphatic rings. The highest BCUT2D eigenvalue weighted by molar-refractivity contribution is 5.98. The molecule has 0 fully saturated rings. The number of amides is 1. The molecule has 0 unspecified atom stereocenters. The number of phenols is 2. The number of nitrogens with one attached hydrogen (secondary N) is 1. The maximum atomic E-state index is 12.7. The molecule has 3 aromatic rings. The van der Waals surface area contributed by atoms with E-state index in [-0.39, 0.29) is 29.7 Å². The highest BCUT2D eigenvalue weighted by Gasteiger charge is 2.15. The zero-order chi connectivity index (χ0) is 22.1. The van der Waals surface area contributed by atoms with Crippen LogP contribution in [0.25, 0.3) is 0 Å². The van der Waals surface area contributed by atoms with E-state index in [1.54, 1.807) is 0 Å². The van der Waals surface area contributed by atoms with E-state index in [1.165, 1.54) is 18.2 Å². The molecular formula is C25H26N2O4. The van der Waals surface area contributed by atoms with Crippen LogP contribution in [0, 0.1) is 0 Å². The van der Waals surface area contributed by atoms with Crippen molar-refractivity contribution in [2.75, 3.05) is 19.6 Å². The van der Waals surface area contributed by atoms with Gasteiger partial charge >= 0.3 is 0 Å². The average molecular weight is 418 g/mol. The molecule has 3 aromatic carbocycles. The number of aromatic hydroxyl groups is 2. The van der Waals surface area contributed by atoms with E-state index in [4.69, 9.17) is 0 Å². The Kier molecular flexibility index (Phi) is 7.79. The Hall–Kier alpha value is -3.64. The van der Waals surface area contributed by atoms with Crippen LogP contribution in [0.3, 0.4) is 0 Å². The van der Waals surface area contributed by atoms with Gasteiger partial charge in [0, 0.05) is 25.2 Å². The first-order valence-corrected chi connectivity index (χ1v) is 10.1. The number of carbonyl (C=O) groups is 2. The lowest BCUT2D eigenvalue weighted by Crippen LogP contribution is -2.37. The van der Waals surface area contributed by atoms with Crippen LogP contribution in [-0.4, -0.2) is 46.4 Å². The van der Waals surface area contributed by atoms with Gasteiger partial charge in [-0.1, -0.05) is 60.7 Å². The van der Waals surface area contributed by atoms with Crippen molar-refractivity contribution in [2.24, 2.45) is 0 Å². The molecule has 0 saturated carbocycles. The van der Waals surface area contributed by atoms with Gasteiger partial charge in [0.15, 0.2) is 17.3 Å². The zero-order valence-electron chi connectivity index (χ0n) is 17.2. The lowest BCUT2D eigenvalue weighted by molar-refractivity contribution is -0.120. The van der Waals surface area contributed by atoms with Crippen LogP contribution < -0.4 is 5.32 Å². The molecule has 6 heteroatoms. The lowest BCUT2D eigenvalue weighted by Gasteiger charge is -2.22. The predicted molar refractivity (Wildman–Crippen MR) is 119 cm³/mol. The van der Waals surface area contributed by atoms with E-state index >= 15 is 0 Å². The molecule has 0 atom stereocenters. The van der Waals surface area contributed by atoms with Crippen LogP contribution >= 0.6 is 0 Å². The van der Waals surface area contributed by atoms with Crippen LogP contribution in [0.2, 0.25) is 0 Å². The molecule has 0 aliphatic carbocycles. The number of Topliss-reactive ketones (excluding diaryl/α,β-unsaturated/α-hetero) is 1. The van der Waals surface area contributed by atoms with Crippen LogP contribution in [0.1, 0.15) is 21.5 Å². The fraction of sp³-hybridized carbons (Fsp3) is 0.200. The van der Waals surface area contributed by atoms with Gasteiger partial charge in [0.2, 0.25) is 5.91 Å². The number of phenolic OH excluding ortho intramolecular Hbond substituents is 2. The molecule has 3 N–H and O–H groups in total. The van der Waals surface area contributed by atoms with Crippen molar-refractivity contribution in [3.63, 3.8) is 0 Å². The van der Waals surface area contributed by atoms with Gasteiger partial charge in [0.25, 0.3) is 0 Å². The third kappa shape index (κ3) is 6.97. The van der Waals surface area contributed by atoms with Crippen molar-refractivity contribution in [1.29, 1.82) is 0 Å². The number of hydrogen-bond acceptors (Lipinski definition) is 5. The van der Waals surface area contributed by atoms with Gasteiger partial charge in [0.1, 0.15) is 0 Å². The fourth-order valence-electron chi connectivity index (χ4n) is 3.24. The normalized spacial score (nSPS) is 10.7. The largest absolute Gasteiger partial charge is 0.504 e. The van der Waals surface area contributed by atoms with E-state index < -0.39 is 0 Å². The fourth-order valence-corrected chi connectivity index (χ4v) is 3.24. The second kappa shape index (κ2) is 10.9. The Morgan fingerprint density at radius 3 is 2.10 bits per heavy atom. The van der Waals surface area contributed by atoms with Gasteiger partial charge < -0.3 is 15.5 Å². The molecule has 6 nitrogen and oxygen atoms in total. The second-order valence-electron chi connectivity index (χ2n) is 7.34. The minimum atomic E-state index is -0.325. The molecule has 0 aliphatic heterocycles. The van der Waals surface area contributed by atoms with E-state index in [2.05, 4.69) is 5.32 Å². The topological polar surface area (TPSA) is 89.9 Å². The summed E-state index contributed by atoms with van der Waals surface area (Å²) in [5.41, 5.74) is 2.32. The minimum Gasteiger partial charge on any atom is -0.504 e. The Morgan fingerprint density at radius 2 is 1.45 bits per heavy atom. The van der Waals surface area contributed by atoms with E-state index in [9.17, 15) is 19.8 Å². The first-order valence-electron chi connectivity index (χ1n) is 10.1. The second-order valence-corrected chi connectivity index (χ2v) is 7.34. The van der Waals surface area contributed by atoms with Crippen molar-refractivity contribution in [2.45, 2.75) is 13.0 Å². The average Bonchev–Trinajstić information content (AvgIpc) is 2.77. The summed E-state index contributed by atoms with van der Waals surface area (Å²) in [6.07, 6.45) is 0.311. The molecule has 3 rings (SSSR count). The van der Waals surface area contributed by atoms with Crippen molar-refractivity contribution in [1.82, 2.24) is 10.2 Å².